The third-order valence-electron chi connectivity index (χ3n) is 1.88. The van der Waals surface area contributed by atoms with Crippen LogP contribution in [0.2, 0.25) is 0 Å². The summed E-state index contributed by atoms with van der Waals surface area (Å²) in [7, 11) is 1.60. The van der Waals surface area contributed by atoms with Crippen molar-refractivity contribution in [2.24, 2.45) is 0 Å². The molecule has 2 heterocycles. The minimum atomic E-state index is -0.577. The average Bonchev–Trinajstić information content (AvgIpc) is 2.89. The van der Waals surface area contributed by atoms with Crippen LogP contribution in [-0.4, -0.2) is 32.0 Å². The third kappa shape index (κ3) is 2.82. The molecule has 0 atom stereocenters. The summed E-state index contributed by atoms with van der Waals surface area (Å²) in [4.78, 5) is 16.2. The molecule has 2 rings (SSSR count). The summed E-state index contributed by atoms with van der Waals surface area (Å²) in [5.74, 6) is -0.258. The molecular formula is C8H9N5O3S. The number of nitrogens with zero attached hydrogens (tertiary/aromatic N) is 5. The quantitative estimate of drug-likeness (QED) is 0.580. The Morgan fingerprint density at radius 1 is 1.59 bits per heavy atom. The van der Waals surface area contributed by atoms with Crippen molar-refractivity contribution in [1.82, 2.24) is 20.0 Å². The molecule has 2 aromatic heterocycles. The van der Waals surface area contributed by atoms with Crippen LogP contribution in [0, 0.1) is 10.1 Å². The zero-order chi connectivity index (χ0) is 12.3. The molecule has 0 aliphatic rings. The summed E-state index contributed by atoms with van der Waals surface area (Å²) in [6.45, 7) is 0.826. The first-order valence-electron chi connectivity index (χ1n) is 4.66. The zero-order valence-corrected chi connectivity index (χ0v) is 9.75. The normalized spacial score (nSPS) is 10.6. The van der Waals surface area contributed by atoms with Crippen LogP contribution in [0.3, 0.4) is 0 Å². The number of methoxy groups -OCH3 is 1. The highest BCUT2D eigenvalue weighted by Gasteiger charge is 2.13. The van der Waals surface area contributed by atoms with E-state index < -0.39 is 4.92 Å². The number of rotatable bonds is 5. The van der Waals surface area contributed by atoms with Crippen molar-refractivity contribution < 1.29 is 9.66 Å². The van der Waals surface area contributed by atoms with Crippen LogP contribution in [-0.2, 0) is 17.9 Å². The van der Waals surface area contributed by atoms with E-state index in [1.807, 2.05) is 0 Å². The van der Waals surface area contributed by atoms with Crippen LogP contribution in [0.15, 0.2) is 12.4 Å². The third-order valence-corrected chi connectivity index (χ3v) is 2.83. The lowest BCUT2D eigenvalue weighted by Gasteiger charge is -1.91. The highest BCUT2D eigenvalue weighted by molar-refractivity contribution is 7.11. The van der Waals surface area contributed by atoms with Gasteiger partial charge in [0, 0.05) is 13.3 Å². The molecule has 8 nitrogen and oxygen atoms in total. The summed E-state index contributed by atoms with van der Waals surface area (Å²) >= 11 is 1.46. The molecule has 0 N–H and O–H groups in total. The van der Waals surface area contributed by atoms with Crippen molar-refractivity contribution in [1.29, 1.82) is 0 Å². The van der Waals surface area contributed by atoms with Gasteiger partial charge in [-0.25, -0.2) is 4.98 Å². The molecule has 0 saturated carbocycles. The maximum absolute atomic E-state index is 10.4. The summed E-state index contributed by atoms with van der Waals surface area (Å²) < 4.78 is 4.95. The van der Waals surface area contributed by atoms with Crippen LogP contribution in [0.4, 0.5) is 5.82 Å². The monoisotopic (exact) mass is 255 g/mol. The summed E-state index contributed by atoms with van der Waals surface area (Å²) in [5.41, 5.74) is 0. The molecule has 90 valence electrons. The van der Waals surface area contributed by atoms with E-state index >= 15 is 0 Å². The average molecular weight is 255 g/mol. The minimum Gasteiger partial charge on any atom is -0.378 e. The van der Waals surface area contributed by atoms with Gasteiger partial charge in [0.15, 0.2) is 6.20 Å². The van der Waals surface area contributed by atoms with Gasteiger partial charge in [0.25, 0.3) is 0 Å². The molecule has 0 unspecified atom stereocenters. The molecule has 0 bridgehead atoms. The lowest BCUT2D eigenvalue weighted by Crippen LogP contribution is -2.02. The van der Waals surface area contributed by atoms with E-state index in [2.05, 4.69) is 15.2 Å². The van der Waals surface area contributed by atoms with Crippen molar-refractivity contribution in [3.63, 3.8) is 0 Å². The van der Waals surface area contributed by atoms with E-state index in [1.54, 1.807) is 13.3 Å². The van der Waals surface area contributed by atoms with E-state index in [-0.39, 0.29) is 5.82 Å². The van der Waals surface area contributed by atoms with Gasteiger partial charge in [-0.2, -0.15) is 0 Å². The van der Waals surface area contributed by atoms with Gasteiger partial charge < -0.3 is 14.9 Å². The Labute approximate surface area is 100 Å². The zero-order valence-electron chi connectivity index (χ0n) is 8.94. The molecule has 0 spiro atoms. The molecule has 0 saturated heterocycles. The first-order valence-corrected chi connectivity index (χ1v) is 5.47. The van der Waals surface area contributed by atoms with Crippen LogP contribution in [0.1, 0.15) is 9.88 Å². The maximum atomic E-state index is 10.4. The smallest absolute Gasteiger partial charge is 0.378 e. The highest BCUT2D eigenvalue weighted by atomic mass is 32.1. The van der Waals surface area contributed by atoms with Gasteiger partial charge in [-0.3, -0.25) is 0 Å². The molecular weight excluding hydrogens is 246 g/mol. The molecule has 0 amide bonds. The first-order chi connectivity index (χ1) is 8.19. The Bertz CT molecular complexity index is 523. The fourth-order valence-corrected chi connectivity index (χ4v) is 2.07. The Morgan fingerprint density at radius 2 is 2.41 bits per heavy atom. The van der Waals surface area contributed by atoms with E-state index in [1.165, 1.54) is 16.1 Å². The molecule has 9 heteroatoms. The van der Waals surface area contributed by atoms with Crippen molar-refractivity contribution in [3.8, 4) is 0 Å². The molecule has 0 radical (unpaired) electrons. The van der Waals surface area contributed by atoms with E-state index in [9.17, 15) is 10.1 Å². The van der Waals surface area contributed by atoms with Gasteiger partial charge in [-0.15, -0.1) is 16.4 Å². The second-order valence-electron chi connectivity index (χ2n) is 3.14. The second kappa shape index (κ2) is 4.97. The standard InChI is InChI=1S/C8H9N5O3S/c1-16-5-8-9-2-6(17-8)4-12-10-3-7(11-12)13(14)15/h2-3H,4-5H2,1H3. The SMILES string of the molecule is COCc1ncc(Cn2ncc([N+](=O)[O-])n2)s1. The molecule has 2 aromatic rings. The van der Waals surface area contributed by atoms with Gasteiger partial charge in [0.05, 0.1) is 16.6 Å². The van der Waals surface area contributed by atoms with Crippen LogP contribution < -0.4 is 0 Å². The number of thiazole rings is 1. The predicted octanol–water partition coefficient (Wildman–Crippen LogP) is 0.837. The Hall–Kier alpha value is -1.87. The fourth-order valence-electron chi connectivity index (χ4n) is 1.20. The molecule has 0 aliphatic heterocycles. The van der Waals surface area contributed by atoms with Crippen molar-refractivity contribution in [3.05, 3.63) is 32.4 Å². The number of hydrogen-bond donors (Lipinski definition) is 0. The Morgan fingerprint density at radius 3 is 3.06 bits per heavy atom. The van der Waals surface area contributed by atoms with Crippen LogP contribution in [0.25, 0.3) is 0 Å². The lowest BCUT2D eigenvalue weighted by atomic mass is 10.6. The summed E-state index contributed by atoms with van der Waals surface area (Å²) in [5, 5.41) is 18.8. The molecule has 0 aliphatic carbocycles. The number of nitro groups is 1. The molecule has 0 fully saturated rings. The number of ether oxygens (including phenoxy) is 1. The van der Waals surface area contributed by atoms with Crippen molar-refractivity contribution in [2.75, 3.05) is 7.11 Å². The van der Waals surface area contributed by atoms with E-state index in [4.69, 9.17) is 4.74 Å². The summed E-state index contributed by atoms with van der Waals surface area (Å²) in [6.07, 6.45) is 2.81. The maximum Gasteiger partial charge on any atom is 0.410 e. The highest BCUT2D eigenvalue weighted by Crippen LogP contribution is 2.15. The van der Waals surface area contributed by atoms with Gasteiger partial charge in [0.2, 0.25) is 0 Å². The second-order valence-corrected chi connectivity index (χ2v) is 4.34. The topological polar surface area (TPSA) is 96.0 Å². The fraction of sp³-hybridized carbons (Fsp3) is 0.375. The van der Waals surface area contributed by atoms with Crippen LogP contribution in [0.5, 0.6) is 0 Å². The van der Waals surface area contributed by atoms with E-state index in [0.717, 1.165) is 16.1 Å². The Kier molecular flexibility index (Phi) is 3.40. The van der Waals surface area contributed by atoms with Gasteiger partial charge >= 0.3 is 5.82 Å². The van der Waals surface area contributed by atoms with Gasteiger partial charge in [-0.05, 0) is 4.92 Å². The first kappa shape index (κ1) is 11.6. The van der Waals surface area contributed by atoms with Crippen LogP contribution >= 0.6 is 11.3 Å². The van der Waals surface area contributed by atoms with Crippen molar-refractivity contribution >= 4 is 17.2 Å². The lowest BCUT2D eigenvalue weighted by molar-refractivity contribution is -0.389. The predicted molar refractivity (Wildman–Crippen MR) is 58.6 cm³/mol. The van der Waals surface area contributed by atoms with E-state index in [0.29, 0.717) is 13.2 Å². The minimum absolute atomic E-state index is 0.258. The number of aromatic nitrogens is 4. The van der Waals surface area contributed by atoms with Crippen molar-refractivity contribution in [2.45, 2.75) is 13.2 Å². The molecule has 0 aromatic carbocycles. The largest absolute Gasteiger partial charge is 0.410 e. The molecule has 17 heavy (non-hydrogen) atoms. The van der Waals surface area contributed by atoms with Gasteiger partial charge in [0.1, 0.15) is 11.6 Å². The number of hydrogen-bond acceptors (Lipinski definition) is 7. The van der Waals surface area contributed by atoms with Gasteiger partial charge in [-0.1, -0.05) is 4.80 Å². The summed E-state index contributed by atoms with van der Waals surface area (Å²) in [6, 6.07) is 0. The Balaban J connectivity index is 2.05.